The Morgan fingerprint density at radius 2 is 2.00 bits per heavy atom. The molecule has 0 atom stereocenters. The standard InChI is InChI=1S/C12H12N2O.ClH/c1-9-6-10(2)14(13-9)12-5-3-4-11(7-12)8-15;/h3-8H,1-2H3;1H. The van der Waals surface area contributed by atoms with Gasteiger partial charge in [-0.3, -0.25) is 4.79 Å². The molecule has 0 aliphatic heterocycles. The van der Waals surface area contributed by atoms with Gasteiger partial charge in [0, 0.05) is 11.3 Å². The maximum Gasteiger partial charge on any atom is 0.150 e. The molecule has 3 nitrogen and oxygen atoms in total. The maximum absolute atomic E-state index is 10.7. The summed E-state index contributed by atoms with van der Waals surface area (Å²) in [5.74, 6) is 0. The van der Waals surface area contributed by atoms with Crippen molar-refractivity contribution < 1.29 is 4.79 Å². The second-order valence-corrected chi connectivity index (χ2v) is 3.55. The molecule has 1 aromatic heterocycles. The van der Waals surface area contributed by atoms with Gasteiger partial charge in [0.2, 0.25) is 0 Å². The quantitative estimate of drug-likeness (QED) is 0.752. The van der Waals surface area contributed by atoms with Gasteiger partial charge in [0.15, 0.2) is 0 Å². The number of aldehydes is 1. The zero-order chi connectivity index (χ0) is 10.8. The molecule has 0 unspecified atom stereocenters. The van der Waals surface area contributed by atoms with Gasteiger partial charge in [-0.1, -0.05) is 12.1 Å². The Hall–Kier alpha value is -1.61. The van der Waals surface area contributed by atoms with Crippen molar-refractivity contribution in [3.05, 3.63) is 47.3 Å². The number of carbonyl (C=O) groups is 1. The Morgan fingerprint density at radius 1 is 1.25 bits per heavy atom. The number of aryl methyl sites for hydroxylation is 2. The summed E-state index contributed by atoms with van der Waals surface area (Å²) >= 11 is 0. The average molecular weight is 237 g/mol. The second-order valence-electron chi connectivity index (χ2n) is 3.55. The van der Waals surface area contributed by atoms with Crippen LogP contribution in [0.5, 0.6) is 0 Å². The molecule has 0 aliphatic rings. The van der Waals surface area contributed by atoms with Crippen LogP contribution in [0.4, 0.5) is 0 Å². The molecule has 0 bridgehead atoms. The molecule has 0 saturated carbocycles. The molecule has 1 aromatic carbocycles. The lowest BCUT2D eigenvalue weighted by atomic mass is 10.2. The summed E-state index contributed by atoms with van der Waals surface area (Å²) in [6.07, 6.45) is 0.842. The number of hydrogen-bond acceptors (Lipinski definition) is 2. The molecule has 0 spiro atoms. The highest BCUT2D eigenvalue weighted by molar-refractivity contribution is 5.85. The van der Waals surface area contributed by atoms with Crippen LogP contribution in [0.2, 0.25) is 0 Å². The minimum Gasteiger partial charge on any atom is -0.298 e. The molecule has 2 rings (SSSR count). The third kappa shape index (κ3) is 2.31. The van der Waals surface area contributed by atoms with Crippen molar-refractivity contribution in [3.63, 3.8) is 0 Å². The first-order valence-corrected chi connectivity index (χ1v) is 4.79. The summed E-state index contributed by atoms with van der Waals surface area (Å²) < 4.78 is 1.84. The number of rotatable bonds is 2. The minimum atomic E-state index is 0. The predicted octanol–water partition coefficient (Wildman–Crippen LogP) is 2.72. The van der Waals surface area contributed by atoms with Crippen molar-refractivity contribution in [1.82, 2.24) is 9.78 Å². The highest BCUT2D eigenvalue weighted by Gasteiger charge is 2.03. The summed E-state index contributed by atoms with van der Waals surface area (Å²) in [6, 6.07) is 9.41. The number of hydrogen-bond donors (Lipinski definition) is 0. The van der Waals surface area contributed by atoms with Gasteiger partial charge < -0.3 is 0 Å². The van der Waals surface area contributed by atoms with Gasteiger partial charge >= 0.3 is 0 Å². The highest BCUT2D eigenvalue weighted by atomic mass is 35.5. The Bertz CT molecular complexity index is 505. The van der Waals surface area contributed by atoms with Crippen molar-refractivity contribution in [2.75, 3.05) is 0 Å². The van der Waals surface area contributed by atoms with Crippen LogP contribution in [0.25, 0.3) is 5.69 Å². The molecular weight excluding hydrogens is 224 g/mol. The summed E-state index contributed by atoms with van der Waals surface area (Å²) in [4.78, 5) is 10.7. The predicted molar refractivity (Wildman–Crippen MR) is 65.7 cm³/mol. The molecular formula is C12H13ClN2O. The molecule has 0 fully saturated rings. The summed E-state index contributed by atoms with van der Waals surface area (Å²) in [5.41, 5.74) is 3.63. The fourth-order valence-corrected chi connectivity index (χ4v) is 1.62. The number of halogens is 1. The lowest BCUT2D eigenvalue weighted by Gasteiger charge is -2.04. The van der Waals surface area contributed by atoms with E-state index in [2.05, 4.69) is 5.10 Å². The Balaban J connectivity index is 0.00000128. The third-order valence-corrected chi connectivity index (χ3v) is 2.26. The zero-order valence-corrected chi connectivity index (χ0v) is 9.99. The van der Waals surface area contributed by atoms with Crippen LogP contribution >= 0.6 is 12.4 Å². The first-order valence-electron chi connectivity index (χ1n) is 4.79. The average Bonchev–Trinajstić information content (AvgIpc) is 2.58. The fourth-order valence-electron chi connectivity index (χ4n) is 1.62. The first kappa shape index (κ1) is 12.5. The SMILES string of the molecule is Cc1cc(C)n(-c2cccc(C=O)c2)n1.Cl. The van der Waals surface area contributed by atoms with E-state index in [1.807, 2.05) is 42.8 Å². The largest absolute Gasteiger partial charge is 0.298 e. The van der Waals surface area contributed by atoms with Crippen molar-refractivity contribution in [2.24, 2.45) is 0 Å². The van der Waals surface area contributed by atoms with Gasteiger partial charge in [0.25, 0.3) is 0 Å². The van der Waals surface area contributed by atoms with E-state index >= 15 is 0 Å². The van der Waals surface area contributed by atoms with Gasteiger partial charge in [-0.25, -0.2) is 4.68 Å². The smallest absolute Gasteiger partial charge is 0.150 e. The van der Waals surface area contributed by atoms with E-state index in [-0.39, 0.29) is 12.4 Å². The molecule has 4 heteroatoms. The molecule has 0 radical (unpaired) electrons. The molecule has 0 saturated heterocycles. The van der Waals surface area contributed by atoms with Gasteiger partial charge in [-0.05, 0) is 32.0 Å². The molecule has 0 amide bonds. The molecule has 16 heavy (non-hydrogen) atoms. The van der Waals surface area contributed by atoms with E-state index < -0.39 is 0 Å². The van der Waals surface area contributed by atoms with E-state index in [4.69, 9.17) is 0 Å². The highest BCUT2D eigenvalue weighted by Crippen LogP contribution is 2.12. The third-order valence-electron chi connectivity index (χ3n) is 2.26. The van der Waals surface area contributed by atoms with Gasteiger partial charge in [0.05, 0.1) is 11.4 Å². The Labute approximate surface area is 101 Å². The van der Waals surface area contributed by atoms with Gasteiger partial charge in [-0.2, -0.15) is 5.10 Å². The van der Waals surface area contributed by atoms with Crippen molar-refractivity contribution in [2.45, 2.75) is 13.8 Å². The number of nitrogens with zero attached hydrogens (tertiary/aromatic N) is 2. The van der Waals surface area contributed by atoms with E-state index in [0.29, 0.717) is 5.56 Å². The monoisotopic (exact) mass is 236 g/mol. The first-order chi connectivity index (χ1) is 7.20. The topological polar surface area (TPSA) is 34.9 Å². The number of aromatic nitrogens is 2. The van der Waals surface area contributed by atoms with E-state index in [1.54, 1.807) is 6.07 Å². The van der Waals surface area contributed by atoms with Crippen LogP contribution in [-0.4, -0.2) is 16.1 Å². The fraction of sp³-hybridized carbons (Fsp3) is 0.167. The van der Waals surface area contributed by atoms with Crippen LogP contribution in [0, 0.1) is 13.8 Å². The van der Waals surface area contributed by atoms with Crippen LogP contribution in [0.3, 0.4) is 0 Å². The van der Waals surface area contributed by atoms with E-state index in [0.717, 1.165) is 23.4 Å². The van der Waals surface area contributed by atoms with Crippen molar-refractivity contribution >= 4 is 18.7 Å². The molecule has 1 heterocycles. The molecule has 84 valence electrons. The zero-order valence-electron chi connectivity index (χ0n) is 9.18. The van der Waals surface area contributed by atoms with E-state index in [9.17, 15) is 4.79 Å². The Morgan fingerprint density at radius 3 is 2.56 bits per heavy atom. The maximum atomic E-state index is 10.7. The van der Waals surface area contributed by atoms with Crippen molar-refractivity contribution in [1.29, 1.82) is 0 Å². The van der Waals surface area contributed by atoms with Crippen molar-refractivity contribution in [3.8, 4) is 5.69 Å². The normalized spacial score (nSPS) is 9.62. The minimum absolute atomic E-state index is 0. The lowest BCUT2D eigenvalue weighted by molar-refractivity contribution is 0.112. The summed E-state index contributed by atoms with van der Waals surface area (Å²) in [7, 11) is 0. The van der Waals surface area contributed by atoms with Crippen LogP contribution < -0.4 is 0 Å². The number of benzene rings is 1. The number of carbonyl (C=O) groups excluding carboxylic acids is 1. The summed E-state index contributed by atoms with van der Waals surface area (Å²) in [6.45, 7) is 3.95. The Kier molecular flexibility index (Phi) is 3.85. The molecule has 0 aliphatic carbocycles. The van der Waals surface area contributed by atoms with Gasteiger partial charge in [0.1, 0.15) is 6.29 Å². The van der Waals surface area contributed by atoms with Gasteiger partial charge in [-0.15, -0.1) is 12.4 Å². The van der Waals surface area contributed by atoms with E-state index in [1.165, 1.54) is 0 Å². The molecule has 0 N–H and O–H groups in total. The van der Waals surface area contributed by atoms with Crippen LogP contribution in [0.1, 0.15) is 21.7 Å². The second kappa shape index (κ2) is 4.94. The van der Waals surface area contributed by atoms with Crippen LogP contribution in [-0.2, 0) is 0 Å². The lowest BCUT2D eigenvalue weighted by Crippen LogP contribution is -1.99. The molecule has 2 aromatic rings. The van der Waals surface area contributed by atoms with Crippen LogP contribution in [0.15, 0.2) is 30.3 Å². The summed E-state index contributed by atoms with van der Waals surface area (Å²) in [5, 5.41) is 4.36.